The Hall–Kier alpha value is -3.43. The lowest BCUT2D eigenvalue weighted by molar-refractivity contribution is 0.185. The molecular formula is C21H23N7O2. The second-order valence-corrected chi connectivity index (χ2v) is 7.42. The number of hydrogen-bond donors (Lipinski definition) is 3. The molecule has 9 heteroatoms. The number of β-amino-alcohol motifs (C(OH)–C–C–N with tert-alkyl or cyclic N) is 1. The molecule has 1 saturated heterocycles. The highest BCUT2D eigenvalue weighted by Crippen LogP contribution is 2.34. The topological polar surface area (TPSA) is 102 Å². The van der Waals surface area contributed by atoms with E-state index in [1.165, 1.54) is 0 Å². The molecule has 2 unspecified atom stereocenters. The summed E-state index contributed by atoms with van der Waals surface area (Å²) in [6, 6.07) is 9.69. The monoisotopic (exact) mass is 405 g/mol. The van der Waals surface area contributed by atoms with E-state index in [2.05, 4.69) is 20.7 Å². The smallest absolute Gasteiger partial charge is 0.140 e. The quantitative estimate of drug-likeness (QED) is 0.463. The number of hydrogen-bond acceptors (Lipinski definition) is 7. The highest BCUT2D eigenvalue weighted by Gasteiger charge is 2.25. The van der Waals surface area contributed by atoms with Crippen molar-refractivity contribution in [1.82, 2.24) is 29.6 Å². The van der Waals surface area contributed by atoms with Gasteiger partial charge in [-0.3, -0.25) is 9.25 Å². The third-order valence-corrected chi connectivity index (χ3v) is 5.38. The van der Waals surface area contributed by atoms with Gasteiger partial charge < -0.3 is 20.5 Å². The Kier molecular flexibility index (Phi) is 4.61. The van der Waals surface area contributed by atoms with Crippen molar-refractivity contribution in [1.29, 1.82) is 0 Å². The van der Waals surface area contributed by atoms with E-state index in [1.807, 2.05) is 54.3 Å². The Balaban J connectivity index is 1.55. The molecule has 5 rings (SSSR count). The molecule has 1 aliphatic heterocycles. The van der Waals surface area contributed by atoms with Crippen molar-refractivity contribution in [2.24, 2.45) is 7.05 Å². The van der Waals surface area contributed by atoms with Gasteiger partial charge in [0, 0.05) is 43.5 Å². The van der Waals surface area contributed by atoms with Crippen LogP contribution in [-0.2, 0) is 7.05 Å². The molecule has 0 spiro atoms. The van der Waals surface area contributed by atoms with E-state index >= 15 is 0 Å². The third kappa shape index (κ3) is 3.27. The zero-order valence-electron chi connectivity index (χ0n) is 16.8. The molecule has 1 aliphatic rings. The molecule has 2 atom stereocenters. The van der Waals surface area contributed by atoms with Crippen molar-refractivity contribution in [3.05, 3.63) is 49.1 Å². The number of rotatable bonds is 5. The number of imidazole rings is 1. The Labute approximate surface area is 173 Å². The lowest BCUT2D eigenvalue weighted by Crippen LogP contribution is -2.32. The van der Waals surface area contributed by atoms with Gasteiger partial charge >= 0.3 is 0 Å². The third-order valence-electron chi connectivity index (χ3n) is 5.38. The Morgan fingerprint density at radius 2 is 2.17 bits per heavy atom. The van der Waals surface area contributed by atoms with Crippen LogP contribution in [0.4, 0.5) is 5.82 Å². The SMILES string of the molecule is COc1cc2ncn(-c3cccc(NC4CNCC4O)n3)c2cc1-c1cnn(C)c1. The molecule has 30 heavy (non-hydrogen) atoms. The summed E-state index contributed by atoms with van der Waals surface area (Å²) in [5.74, 6) is 2.19. The molecule has 0 aliphatic carbocycles. The van der Waals surface area contributed by atoms with Gasteiger partial charge in [0.2, 0.25) is 0 Å². The summed E-state index contributed by atoms with van der Waals surface area (Å²) in [7, 11) is 3.54. The van der Waals surface area contributed by atoms with Crippen molar-refractivity contribution in [2.45, 2.75) is 12.1 Å². The molecule has 9 nitrogen and oxygen atoms in total. The highest BCUT2D eigenvalue weighted by molar-refractivity contribution is 5.87. The summed E-state index contributed by atoms with van der Waals surface area (Å²) in [4.78, 5) is 9.28. The molecule has 1 aromatic carbocycles. The first-order chi connectivity index (χ1) is 14.6. The van der Waals surface area contributed by atoms with Crippen LogP contribution in [0.15, 0.2) is 49.1 Å². The molecule has 0 amide bonds. The molecule has 0 radical (unpaired) electrons. The van der Waals surface area contributed by atoms with Crippen LogP contribution < -0.4 is 15.4 Å². The minimum absolute atomic E-state index is 0.0614. The number of nitrogens with one attached hydrogen (secondary N) is 2. The van der Waals surface area contributed by atoms with Crippen LogP contribution in [-0.4, -0.2) is 61.8 Å². The number of aliphatic hydroxyl groups excluding tert-OH is 1. The van der Waals surface area contributed by atoms with Crippen molar-refractivity contribution in [3.63, 3.8) is 0 Å². The summed E-state index contributed by atoms with van der Waals surface area (Å²) in [6.07, 6.45) is 5.09. The number of aliphatic hydroxyl groups is 1. The molecule has 0 bridgehead atoms. The predicted molar refractivity (Wildman–Crippen MR) is 114 cm³/mol. The molecule has 3 N–H and O–H groups in total. The summed E-state index contributed by atoms with van der Waals surface area (Å²) in [5.41, 5.74) is 3.64. The van der Waals surface area contributed by atoms with Crippen LogP contribution in [0.5, 0.6) is 5.75 Å². The van der Waals surface area contributed by atoms with Crippen molar-refractivity contribution in [2.75, 3.05) is 25.5 Å². The number of pyridine rings is 1. The number of aryl methyl sites for hydroxylation is 1. The number of benzene rings is 1. The number of nitrogens with zero attached hydrogens (tertiary/aromatic N) is 5. The number of anilines is 1. The molecule has 4 aromatic rings. The fourth-order valence-corrected chi connectivity index (χ4v) is 3.81. The normalized spacial score (nSPS) is 18.8. The van der Waals surface area contributed by atoms with Crippen molar-refractivity contribution in [3.8, 4) is 22.7 Å². The van der Waals surface area contributed by atoms with Crippen LogP contribution >= 0.6 is 0 Å². The van der Waals surface area contributed by atoms with Crippen LogP contribution in [0.25, 0.3) is 28.0 Å². The van der Waals surface area contributed by atoms with E-state index < -0.39 is 6.10 Å². The minimum atomic E-state index is -0.431. The first-order valence-electron chi connectivity index (χ1n) is 9.79. The van der Waals surface area contributed by atoms with E-state index in [4.69, 9.17) is 9.72 Å². The predicted octanol–water partition coefficient (Wildman–Crippen LogP) is 1.57. The Morgan fingerprint density at radius 1 is 1.27 bits per heavy atom. The number of methoxy groups -OCH3 is 1. The van der Waals surface area contributed by atoms with E-state index in [0.717, 1.165) is 33.7 Å². The van der Waals surface area contributed by atoms with E-state index in [-0.39, 0.29) is 6.04 Å². The maximum absolute atomic E-state index is 10.0. The van der Waals surface area contributed by atoms with Gasteiger partial charge in [0.1, 0.15) is 23.7 Å². The lowest BCUT2D eigenvalue weighted by Gasteiger charge is -2.16. The van der Waals surface area contributed by atoms with Crippen LogP contribution in [0.2, 0.25) is 0 Å². The fraction of sp³-hybridized carbons (Fsp3) is 0.286. The fourth-order valence-electron chi connectivity index (χ4n) is 3.81. The summed E-state index contributed by atoms with van der Waals surface area (Å²) >= 11 is 0. The average molecular weight is 405 g/mol. The van der Waals surface area contributed by atoms with Crippen LogP contribution in [0.1, 0.15) is 0 Å². The molecule has 1 fully saturated rings. The molecular weight excluding hydrogens is 382 g/mol. The van der Waals surface area contributed by atoms with Crippen molar-refractivity contribution >= 4 is 16.9 Å². The number of fused-ring (bicyclic) bond motifs is 1. The second-order valence-electron chi connectivity index (χ2n) is 7.42. The van der Waals surface area contributed by atoms with Gasteiger partial charge in [-0.1, -0.05) is 6.07 Å². The largest absolute Gasteiger partial charge is 0.496 e. The highest BCUT2D eigenvalue weighted by atomic mass is 16.5. The first kappa shape index (κ1) is 18.6. The summed E-state index contributed by atoms with van der Waals surface area (Å²) in [5, 5.41) is 20.8. The zero-order chi connectivity index (χ0) is 20.7. The van der Waals surface area contributed by atoms with Gasteiger partial charge in [-0.15, -0.1) is 0 Å². The van der Waals surface area contributed by atoms with Gasteiger partial charge in [-0.2, -0.15) is 5.10 Å². The van der Waals surface area contributed by atoms with Gasteiger partial charge in [-0.25, -0.2) is 9.97 Å². The van der Waals surface area contributed by atoms with Crippen LogP contribution in [0.3, 0.4) is 0 Å². The van der Waals surface area contributed by atoms with E-state index in [1.54, 1.807) is 18.1 Å². The lowest BCUT2D eigenvalue weighted by atomic mass is 10.1. The summed E-state index contributed by atoms with van der Waals surface area (Å²) in [6.45, 7) is 1.29. The summed E-state index contributed by atoms with van der Waals surface area (Å²) < 4.78 is 9.30. The average Bonchev–Trinajstić information content (AvgIpc) is 3.47. The van der Waals surface area contributed by atoms with E-state index in [9.17, 15) is 5.11 Å². The Morgan fingerprint density at radius 3 is 2.90 bits per heavy atom. The van der Waals surface area contributed by atoms with Gasteiger partial charge in [0.25, 0.3) is 0 Å². The van der Waals surface area contributed by atoms with Gasteiger partial charge in [-0.05, 0) is 18.2 Å². The van der Waals surface area contributed by atoms with Gasteiger partial charge in [0.05, 0.1) is 36.5 Å². The van der Waals surface area contributed by atoms with Gasteiger partial charge in [0.15, 0.2) is 0 Å². The molecule has 0 saturated carbocycles. The van der Waals surface area contributed by atoms with Crippen molar-refractivity contribution < 1.29 is 9.84 Å². The molecule has 3 aromatic heterocycles. The minimum Gasteiger partial charge on any atom is -0.496 e. The first-order valence-corrected chi connectivity index (χ1v) is 9.79. The standard InChI is InChI=1S/C21H23N7O2/c1-27-11-13(8-24-27)14-6-17-15(7-19(14)30-2)23-12-28(17)21-5-3-4-20(26-21)25-16-9-22-10-18(16)29/h3-8,11-12,16,18,22,29H,9-10H2,1-2H3,(H,25,26). The zero-order valence-corrected chi connectivity index (χ0v) is 16.8. The molecule has 154 valence electrons. The maximum atomic E-state index is 10.0. The Bertz CT molecular complexity index is 1200. The maximum Gasteiger partial charge on any atom is 0.140 e. The van der Waals surface area contributed by atoms with E-state index in [0.29, 0.717) is 18.9 Å². The molecule has 4 heterocycles. The second kappa shape index (κ2) is 7.43. The van der Waals surface area contributed by atoms with Crippen LogP contribution in [0, 0.1) is 0 Å². The number of aromatic nitrogens is 5. The number of ether oxygens (including phenoxy) is 1.